The van der Waals surface area contributed by atoms with Crippen molar-refractivity contribution in [3.63, 3.8) is 0 Å². The van der Waals surface area contributed by atoms with Crippen LogP contribution in [0.4, 0.5) is 17.6 Å². The lowest BCUT2D eigenvalue weighted by atomic mass is 9.79. The van der Waals surface area contributed by atoms with E-state index < -0.39 is 44.8 Å². The number of likely N-dealkylation sites (tertiary alicyclic amines) is 1. The average molecular weight is 514 g/mol. The van der Waals surface area contributed by atoms with Gasteiger partial charge in [-0.15, -0.1) is 0 Å². The zero-order valence-corrected chi connectivity index (χ0v) is 19.9. The number of nitrogens with zero attached hydrogens (tertiary/aromatic N) is 1. The van der Waals surface area contributed by atoms with E-state index in [1.807, 2.05) is 10.8 Å². The van der Waals surface area contributed by atoms with Crippen molar-refractivity contribution in [2.45, 2.75) is 62.2 Å². The maximum Gasteiger partial charge on any atom is 0.492 e. The van der Waals surface area contributed by atoms with Gasteiger partial charge in [-0.1, -0.05) is 30.3 Å². The van der Waals surface area contributed by atoms with Crippen LogP contribution in [0.3, 0.4) is 0 Å². The van der Waals surface area contributed by atoms with Crippen LogP contribution in [-0.2, 0) is 21.1 Å². The summed E-state index contributed by atoms with van der Waals surface area (Å²) in [6.07, 6.45) is 1.39. The lowest BCUT2D eigenvalue weighted by Gasteiger charge is -2.40. The Balaban J connectivity index is 1.65. The second kappa shape index (κ2) is 9.18. The highest BCUT2D eigenvalue weighted by Crippen LogP contribution is 2.37. The molecule has 1 heterocycles. The van der Waals surface area contributed by atoms with Crippen LogP contribution in [0.25, 0.3) is 11.1 Å². The molecule has 6 nitrogen and oxygen atoms in total. The molecule has 3 N–H and O–H groups in total. The van der Waals surface area contributed by atoms with Gasteiger partial charge < -0.3 is 10.0 Å². The number of hydrogen-bond donors (Lipinski definition) is 3. The third-order valence-electron chi connectivity index (χ3n) is 6.78. The van der Waals surface area contributed by atoms with Gasteiger partial charge in [0.15, 0.2) is 0 Å². The summed E-state index contributed by atoms with van der Waals surface area (Å²) in [5.74, 6) is -0.952. The molecule has 0 bridgehead atoms. The average Bonchev–Trinajstić information content (AvgIpc) is 3.11. The van der Waals surface area contributed by atoms with Crippen LogP contribution < -0.4 is 4.72 Å². The summed E-state index contributed by atoms with van der Waals surface area (Å²) in [6, 6.07) is 9.70. The van der Waals surface area contributed by atoms with Gasteiger partial charge in [-0.05, 0) is 73.4 Å². The molecule has 2 fully saturated rings. The van der Waals surface area contributed by atoms with Gasteiger partial charge in [-0.3, -0.25) is 4.79 Å². The Bertz CT molecular complexity index is 1210. The summed E-state index contributed by atoms with van der Waals surface area (Å²) in [6.45, 7) is 1.83. The zero-order chi connectivity index (χ0) is 25.6. The number of rotatable bonds is 6. The molecule has 1 saturated carbocycles. The van der Waals surface area contributed by atoms with E-state index in [0.29, 0.717) is 23.1 Å². The molecule has 2 aromatic carbocycles. The molecule has 1 saturated heterocycles. The largest absolute Gasteiger partial charge is 0.492 e. The van der Waals surface area contributed by atoms with Crippen LogP contribution in [0, 0.1) is 17.5 Å². The summed E-state index contributed by atoms with van der Waals surface area (Å²) in [5.41, 5.74) is -4.08. The Morgan fingerprint density at radius 3 is 2.54 bits per heavy atom. The van der Waals surface area contributed by atoms with Crippen molar-refractivity contribution in [2.24, 2.45) is 0 Å². The van der Waals surface area contributed by atoms with E-state index in [1.54, 1.807) is 31.2 Å². The molecular formula is C24H27F4N3O3S. The molecular weight excluding hydrogens is 486 g/mol. The van der Waals surface area contributed by atoms with Crippen molar-refractivity contribution in [2.75, 3.05) is 6.54 Å². The van der Waals surface area contributed by atoms with Crippen LogP contribution in [0.5, 0.6) is 0 Å². The fraction of sp³-hybridized carbons (Fsp3) is 0.458. The van der Waals surface area contributed by atoms with E-state index in [9.17, 15) is 31.7 Å². The first-order chi connectivity index (χ1) is 16.3. The van der Waals surface area contributed by atoms with E-state index in [-0.39, 0.29) is 32.2 Å². The quantitative estimate of drug-likeness (QED) is 0.503. The summed E-state index contributed by atoms with van der Waals surface area (Å²) in [4.78, 5) is 14.4. The molecule has 3 atom stereocenters. The topological polar surface area (TPSA) is 93.5 Å². The summed E-state index contributed by atoms with van der Waals surface area (Å²) < 4.78 is 74.8. The van der Waals surface area contributed by atoms with Crippen LogP contribution in [-0.4, -0.2) is 49.9 Å². The lowest BCUT2D eigenvalue weighted by Crippen LogP contribution is -2.57. The van der Waals surface area contributed by atoms with Gasteiger partial charge in [0.05, 0.1) is 6.04 Å². The maximum absolute atomic E-state index is 13.9. The second-order valence-electron chi connectivity index (χ2n) is 9.39. The molecule has 190 valence electrons. The first-order valence-corrected chi connectivity index (χ1v) is 12.9. The molecule has 2 aromatic rings. The number of halogens is 4. The van der Waals surface area contributed by atoms with E-state index in [1.165, 1.54) is 17.0 Å². The van der Waals surface area contributed by atoms with Gasteiger partial charge in [0.2, 0.25) is 9.92 Å². The first-order valence-electron chi connectivity index (χ1n) is 11.3. The number of carbonyl (C=O) groups excluding carboxylic acids is 1. The minimum absolute atomic E-state index is 0.0568. The Morgan fingerprint density at radius 2 is 1.94 bits per heavy atom. The van der Waals surface area contributed by atoms with Crippen LogP contribution in [0.15, 0.2) is 42.5 Å². The first kappa shape index (κ1) is 25.6. The molecule has 11 heteroatoms. The number of aliphatic hydroxyl groups is 1. The lowest BCUT2D eigenvalue weighted by molar-refractivity contribution is -0.161. The van der Waals surface area contributed by atoms with Crippen molar-refractivity contribution in [3.05, 3.63) is 59.4 Å². The summed E-state index contributed by atoms with van der Waals surface area (Å²) in [5, 5.41) is 10.6. The van der Waals surface area contributed by atoms with Gasteiger partial charge >= 0.3 is 5.51 Å². The van der Waals surface area contributed by atoms with Crippen molar-refractivity contribution >= 4 is 15.8 Å². The highest BCUT2D eigenvalue weighted by Gasteiger charge is 2.51. The Kier molecular flexibility index (Phi) is 6.71. The van der Waals surface area contributed by atoms with E-state index in [4.69, 9.17) is 4.78 Å². The Labute approximate surface area is 201 Å². The zero-order valence-electron chi connectivity index (χ0n) is 19.1. The molecule has 1 unspecified atom stereocenters. The fourth-order valence-corrected chi connectivity index (χ4v) is 5.63. The van der Waals surface area contributed by atoms with Gasteiger partial charge in [0.25, 0.3) is 5.91 Å². The number of alkyl halides is 3. The maximum atomic E-state index is 13.9. The molecule has 1 amide bonds. The van der Waals surface area contributed by atoms with E-state index >= 15 is 0 Å². The third kappa shape index (κ3) is 5.22. The van der Waals surface area contributed by atoms with Crippen LogP contribution in [0.2, 0.25) is 0 Å². The molecule has 1 aliphatic carbocycles. The minimum Gasteiger partial charge on any atom is -0.380 e. The van der Waals surface area contributed by atoms with Crippen molar-refractivity contribution < 1.29 is 31.7 Å². The number of amides is 1. The second-order valence-corrected chi connectivity index (χ2v) is 11.2. The molecule has 0 aromatic heterocycles. The van der Waals surface area contributed by atoms with Gasteiger partial charge in [0.1, 0.15) is 11.4 Å². The number of aryl methyl sites for hydroxylation is 1. The highest BCUT2D eigenvalue weighted by molar-refractivity contribution is 7.91. The van der Waals surface area contributed by atoms with Gasteiger partial charge in [0, 0.05) is 12.6 Å². The third-order valence-corrected chi connectivity index (χ3v) is 8.06. The minimum atomic E-state index is -5.27. The molecule has 1 aliphatic heterocycles. The number of hydrogen-bond acceptors (Lipinski definition) is 4. The van der Waals surface area contributed by atoms with Crippen molar-refractivity contribution in [1.82, 2.24) is 9.62 Å². The Morgan fingerprint density at radius 1 is 1.23 bits per heavy atom. The monoisotopic (exact) mass is 513 g/mol. The van der Waals surface area contributed by atoms with Crippen LogP contribution >= 0.6 is 0 Å². The predicted molar refractivity (Wildman–Crippen MR) is 123 cm³/mol. The van der Waals surface area contributed by atoms with E-state index in [0.717, 1.165) is 5.56 Å². The fourth-order valence-electron chi connectivity index (χ4n) is 4.79. The Hall–Kier alpha value is -2.50. The number of nitrogens with one attached hydrogen (secondary N) is 2. The van der Waals surface area contributed by atoms with Gasteiger partial charge in [-0.2, -0.15) is 13.2 Å². The summed E-state index contributed by atoms with van der Waals surface area (Å²) in [7, 11) is -5.14. The predicted octanol–water partition coefficient (Wildman–Crippen LogP) is 4.30. The molecule has 35 heavy (non-hydrogen) atoms. The van der Waals surface area contributed by atoms with Crippen LogP contribution in [0.1, 0.15) is 36.8 Å². The molecule has 2 aliphatic rings. The SMILES string of the molecule is Cc1cc(F)cc(-c2cccc(C[C@H]3[C@@H](NS(=N)(=O)C(F)(F)F)CCN3C(=O)C3(O)CCC3)c2)c1. The van der Waals surface area contributed by atoms with E-state index in [2.05, 4.69) is 0 Å². The normalized spacial score (nSPS) is 23.5. The molecule has 0 radical (unpaired) electrons. The molecule has 4 rings (SSSR count). The summed E-state index contributed by atoms with van der Waals surface area (Å²) >= 11 is 0. The van der Waals surface area contributed by atoms with Gasteiger partial charge in [-0.25, -0.2) is 18.1 Å². The number of carbonyl (C=O) groups is 1. The van der Waals surface area contributed by atoms with Crippen molar-refractivity contribution in [1.29, 1.82) is 4.78 Å². The smallest absolute Gasteiger partial charge is 0.380 e. The standard InChI is InChI=1S/C24H27F4N3O3S/c1-15-10-18(14-19(25)11-15)17-5-2-4-16(12-17)13-21-20(30-35(29,34)24(26,27)28)6-9-31(21)22(32)23(33)7-3-8-23/h2,4-5,10-12,14,20-21,33H,3,6-9,13H2,1H3,(H2,29,30,34)/t20-,21-,35?/m0/s1. The molecule has 0 spiro atoms. The highest BCUT2D eigenvalue weighted by atomic mass is 32.2. The van der Waals surface area contributed by atoms with Crippen molar-refractivity contribution in [3.8, 4) is 11.1 Å². The number of benzene rings is 2.